The molecule has 0 aromatic carbocycles. The fourth-order valence-corrected chi connectivity index (χ4v) is 4.87. The number of halogens is 1. The molecule has 132 valence electrons. The van der Waals surface area contributed by atoms with Gasteiger partial charge < -0.3 is 10.6 Å². The van der Waals surface area contributed by atoms with Crippen LogP contribution in [0.25, 0.3) is 0 Å². The van der Waals surface area contributed by atoms with E-state index < -0.39 is 10.0 Å². The van der Waals surface area contributed by atoms with E-state index in [0.717, 1.165) is 24.3 Å². The SMILES string of the molecule is Cc1ccc(S(=O)(=O)NCCNC(=O)[C@H]2CCN[C@@H](C)C2)s1.Cl. The fourth-order valence-electron chi connectivity index (χ4n) is 2.51. The number of carbonyl (C=O) groups is 1. The number of aryl methyl sites for hydroxylation is 1. The average molecular weight is 382 g/mol. The Morgan fingerprint density at radius 3 is 2.74 bits per heavy atom. The molecule has 1 aromatic rings. The number of thiophene rings is 1. The predicted octanol–water partition coefficient (Wildman–Crippen LogP) is 1.26. The van der Waals surface area contributed by atoms with Crippen LogP contribution in [0.15, 0.2) is 16.3 Å². The predicted molar refractivity (Wildman–Crippen MR) is 94.7 cm³/mol. The van der Waals surface area contributed by atoms with Crippen LogP contribution in [0.1, 0.15) is 24.6 Å². The molecular weight excluding hydrogens is 358 g/mol. The maximum absolute atomic E-state index is 12.0. The zero-order valence-corrected chi connectivity index (χ0v) is 15.7. The van der Waals surface area contributed by atoms with E-state index in [9.17, 15) is 13.2 Å². The second-order valence-corrected chi connectivity index (χ2v) is 8.91. The molecule has 23 heavy (non-hydrogen) atoms. The Hall–Kier alpha value is -0.670. The molecule has 0 radical (unpaired) electrons. The molecule has 0 saturated carbocycles. The molecule has 0 aliphatic carbocycles. The van der Waals surface area contributed by atoms with Crippen molar-refractivity contribution in [1.29, 1.82) is 0 Å². The summed E-state index contributed by atoms with van der Waals surface area (Å²) in [6, 6.07) is 3.72. The number of rotatable bonds is 6. The van der Waals surface area contributed by atoms with Crippen molar-refractivity contribution in [3.05, 3.63) is 17.0 Å². The lowest BCUT2D eigenvalue weighted by molar-refractivity contribution is -0.126. The Morgan fingerprint density at radius 2 is 2.13 bits per heavy atom. The lowest BCUT2D eigenvalue weighted by Gasteiger charge is -2.27. The van der Waals surface area contributed by atoms with Gasteiger partial charge in [0, 0.05) is 29.9 Å². The van der Waals surface area contributed by atoms with Crippen molar-refractivity contribution in [2.75, 3.05) is 19.6 Å². The van der Waals surface area contributed by atoms with E-state index in [-0.39, 0.29) is 30.8 Å². The molecule has 3 N–H and O–H groups in total. The number of carbonyl (C=O) groups excluding carboxylic acids is 1. The van der Waals surface area contributed by atoms with Crippen molar-refractivity contribution in [2.45, 2.75) is 36.9 Å². The summed E-state index contributed by atoms with van der Waals surface area (Å²) in [5, 5.41) is 6.12. The van der Waals surface area contributed by atoms with E-state index >= 15 is 0 Å². The summed E-state index contributed by atoms with van der Waals surface area (Å²) in [5.74, 6) is 0.0346. The van der Waals surface area contributed by atoms with Crippen molar-refractivity contribution >= 4 is 39.7 Å². The topological polar surface area (TPSA) is 87.3 Å². The summed E-state index contributed by atoms with van der Waals surface area (Å²) in [5.41, 5.74) is 0. The maximum Gasteiger partial charge on any atom is 0.250 e. The first-order valence-corrected chi connectivity index (χ1v) is 9.75. The average Bonchev–Trinajstić information content (AvgIpc) is 2.91. The van der Waals surface area contributed by atoms with Gasteiger partial charge in [-0.15, -0.1) is 23.7 Å². The van der Waals surface area contributed by atoms with Gasteiger partial charge in [-0.2, -0.15) is 0 Å². The van der Waals surface area contributed by atoms with E-state index in [4.69, 9.17) is 0 Å². The molecule has 1 aliphatic heterocycles. The van der Waals surface area contributed by atoms with Crippen molar-refractivity contribution in [3.63, 3.8) is 0 Å². The maximum atomic E-state index is 12.0. The number of hydrogen-bond acceptors (Lipinski definition) is 5. The van der Waals surface area contributed by atoms with Crippen molar-refractivity contribution < 1.29 is 13.2 Å². The van der Waals surface area contributed by atoms with Crippen LogP contribution >= 0.6 is 23.7 Å². The van der Waals surface area contributed by atoms with Gasteiger partial charge in [0.25, 0.3) is 0 Å². The van der Waals surface area contributed by atoms with E-state index in [1.54, 1.807) is 12.1 Å². The van der Waals surface area contributed by atoms with Gasteiger partial charge in [-0.05, 0) is 45.4 Å². The quantitative estimate of drug-likeness (QED) is 0.647. The van der Waals surface area contributed by atoms with Gasteiger partial charge in [0.1, 0.15) is 4.21 Å². The summed E-state index contributed by atoms with van der Waals surface area (Å²) in [4.78, 5) is 13.0. The Balaban J connectivity index is 0.00000264. The van der Waals surface area contributed by atoms with Gasteiger partial charge in [-0.1, -0.05) is 0 Å². The number of piperidine rings is 1. The first-order valence-electron chi connectivity index (χ1n) is 7.45. The van der Waals surface area contributed by atoms with Crippen molar-refractivity contribution in [2.24, 2.45) is 5.92 Å². The van der Waals surface area contributed by atoms with Crippen LogP contribution in [0.3, 0.4) is 0 Å². The third-order valence-corrected chi connectivity index (χ3v) is 6.64. The molecule has 1 fully saturated rings. The molecule has 0 spiro atoms. The van der Waals surface area contributed by atoms with Crippen molar-refractivity contribution in [1.82, 2.24) is 15.4 Å². The van der Waals surface area contributed by atoms with Crippen LogP contribution in [0, 0.1) is 12.8 Å². The van der Waals surface area contributed by atoms with Crippen LogP contribution < -0.4 is 15.4 Å². The van der Waals surface area contributed by atoms with E-state index in [2.05, 4.69) is 22.3 Å². The standard InChI is InChI=1S/C14H23N3O3S2.ClH/c1-10-9-12(5-6-15-10)14(18)16-7-8-17-22(19,20)13-4-3-11(2)21-13;/h3-4,10,12,15,17H,5-9H2,1-2H3,(H,16,18);1H/t10-,12-;/m0./s1. The van der Waals surface area contributed by atoms with Crippen LogP contribution in [0.5, 0.6) is 0 Å². The zero-order chi connectivity index (χ0) is 16.2. The monoisotopic (exact) mass is 381 g/mol. The lowest BCUT2D eigenvalue weighted by atomic mass is 9.92. The first-order chi connectivity index (χ1) is 10.4. The van der Waals surface area contributed by atoms with Crippen LogP contribution in [0.4, 0.5) is 0 Å². The lowest BCUT2D eigenvalue weighted by Crippen LogP contribution is -2.44. The molecule has 1 saturated heterocycles. The summed E-state index contributed by atoms with van der Waals surface area (Å²) in [6.45, 7) is 5.29. The summed E-state index contributed by atoms with van der Waals surface area (Å²) in [6.07, 6.45) is 1.66. The Bertz CT molecular complexity index is 619. The highest BCUT2D eigenvalue weighted by molar-refractivity contribution is 7.91. The Morgan fingerprint density at radius 1 is 1.39 bits per heavy atom. The van der Waals surface area contributed by atoms with Gasteiger partial charge in [0.05, 0.1) is 0 Å². The highest BCUT2D eigenvalue weighted by atomic mass is 35.5. The minimum absolute atomic E-state index is 0. The highest BCUT2D eigenvalue weighted by Gasteiger charge is 2.24. The third-order valence-electron chi connectivity index (χ3n) is 3.69. The second kappa shape index (κ2) is 8.98. The van der Waals surface area contributed by atoms with Crippen LogP contribution in [-0.4, -0.2) is 40.0 Å². The summed E-state index contributed by atoms with van der Waals surface area (Å²) >= 11 is 1.24. The molecule has 9 heteroatoms. The third kappa shape index (κ3) is 6.04. The highest BCUT2D eigenvalue weighted by Crippen LogP contribution is 2.20. The number of hydrogen-bond donors (Lipinski definition) is 3. The number of amides is 1. The molecule has 2 rings (SSSR count). The molecule has 2 heterocycles. The molecule has 1 aromatic heterocycles. The minimum atomic E-state index is -3.46. The molecule has 0 unspecified atom stereocenters. The largest absolute Gasteiger partial charge is 0.355 e. The normalized spacial score (nSPS) is 21.5. The van der Waals surface area contributed by atoms with Crippen LogP contribution in [0.2, 0.25) is 0 Å². The number of sulfonamides is 1. The van der Waals surface area contributed by atoms with Gasteiger partial charge in [-0.3, -0.25) is 4.79 Å². The Kier molecular flexibility index (Phi) is 7.96. The fraction of sp³-hybridized carbons (Fsp3) is 0.643. The Labute approximate surface area is 147 Å². The second-order valence-electron chi connectivity index (χ2n) is 5.63. The molecular formula is C14H24ClN3O3S2. The van der Waals surface area contributed by atoms with Gasteiger partial charge in [0.15, 0.2) is 0 Å². The number of nitrogens with one attached hydrogen (secondary N) is 3. The van der Waals surface area contributed by atoms with Gasteiger partial charge in [-0.25, -0.2) is 13.1 Å². The molecule has 2 atom stereocenters. The minimum Gasteiger partial charge on any atom is -0.355 e. The van der Waals surface area contributed by atoms with Gasteiger partial charge >= 0.3 is 0 Å². The molecule has 6 nitrogen and oxygen atoms in total. The molecule has 1 aliphatic rings. The van der Waals surface area contributed by atoms with Gasteiger partial charge in [0.2, 0.25) is 15.9 Å². The summed E-state index contributed by atoms with van der Waals surface area (Å²) in [7, 11) is -3.46. The zero-order valence-electron chi connectivity index (χ0n) is 13.3. The van der Waals surface area contributed by atoms with E-state index in [0.29, 0.717) is 16.8 Å². The molecule has 0 bridgehead atoms. The van der Waals surface area contributed by atoms with E-state index in [1.165, 1.54) is 11.3 Å². The van der Waals surface area contributed by atoms with Crippen molar-refractivity contribution in [3.8, 4) is 0 Å². The summed E-state index contributed by atoms with van der Waals surface area (Å²) < 4.78 is 26.8. The van der Waals surface area contributed by atoms with E-state index in [1.807, 2.05) is 6.92 Å². The molecule has 1 amide bonds. The smallest absolute Gasteiger partial charge is 0.250 e. The first kappa shape index (κ1) is 20.4. The van der Waals surface area contributed by atoms with Crippen LogP contribution in [-0.2, 0) is 14.8 Å².